The normalized spacial score (nSPS) is 15.9. The molecule has 0 saturated heterocycles. The van der Waals surface area contributed by atoms with Crippen LogP contribution in [0.25, 0.3) is 0 Å². The van der Waals surface area contributed by atoms with Gasteiger partial charge in [0.25, 0.3) is 5.91 Å². The van der Waals surface area contributed by atoms with Crippen LogP contribution in [0.3, 0.4) is 0 Å². The lowest BCUT2D eigenvalue weighted by Gasteiger charge is -2.14. The Hall–Kier alpha value is -2.04. The molecule has 18 heavy (non-hydrogen) atoms. The molecule has 0 spiro atoms. The van der Waals surface area contributed by atoms with E-state index in [1.807, 2.05) is 0 Å². The van der Waals surface area contributed by atoms with Gasteiger partial charge in [0.15, 0.2) is 0 Å². The average Bonchev–Trinajstić information content (AvgIpc) is 3.09. The number of benzene rings is 1. The van der Waals surface area contributed by atoms with Crippen molar-refractivity contribution in [2.24, 2.45) is 0 Å². The summed E-state index contributed by atoms with van der Waals surface area (Å²) in [7, 11) is 1.55. The number of carbonyl (C=O) groups excluding carboxylic acids is 1. The largest absolute Gasteiger partial charge is 0.497 e. The second kappa shape index (κ2) is 4.33. The van der Waals surface area contributed by atoms with E-state index in [0.717, 1.165) is 5.56 Å². The van der Waals surface area contributed by atoms with Gasteiger partial charge in [0, 0.05) is 5.56 Å². The first-order valence-electron chi connectivity index (χ1n) is 5.69. The molecular weight excluding hydrogens is 234 g/mol. The summed E-state index contributed by atoms with van der Waals surface area (Å²) < 4.78 is 5.06. The van der Waals surface area contributed by atoms with Crippen LogP contribution >= 0.6 is 0 Å². The number of carboxylic acids is 1. The van der Waals surface area contributed by atoms with Crippen LogP contribution in [0.4, 0.5) is 0 Å². The van der Waals surface area contributed by atoms with Gasteiger partial charge in [-0.05, 0) is 43.5 Å². The highest BCUT2D eigenvalue weighted by atomic mass is 16.5. The molecule has 96 valence electrons. The topological polar surface area (TPSA) is 75.6 Å². The molecule has 1 aliphatic carbocycles. The maximum atomic E-state index is 12.0. The molecule has 2 N–H and O–H groups in total. The summed E-state index contributed by atoms with van der Waals surface area (Å²) in [6.07, 6.45) is 0.979. The van der Waals surface area contributed by atoms with E-state index < -0.39 is 11.5 Å². The number of amides is 1. The van der Waals surface area contributed by atoms with Gasteiger partial charge in [-0.15, -0.1) is 0 Å². The Bertz CT molecular complexity index is 506. The van der Waals surface area contributed by atoms with Crippen molar-refractivity contribution in [3.05, 3.63) is 29.3 Å². The van der Waals surface area contributed by atoms with Crippen molar-refractivity contribution in [1.82, 2.24) is 5.32 Å². The van der Waals surface area contributed by atoms with E-state index in [1.165, 1.54) is 0 Å². The van der Waals surface area contributed by atoms with Crippen molar-refractivity contribution in [3.8, 4) is 5.75 Å². The van der Waals surface area contributed by atoms with Gasteiger partial charge in [-0.2, -0.15) is 0 Å². The quantitative estimate of drug-likeness (QED) is 0.844. The van der Waals surface area contributed by atoms with Crippen LogP contribution in [0.5, 0.6) is 5.75 Å². The summed E-state index contributed by atoms with van der Waals surface area (Å²) in [5.74, 6) is -0.652. The number of aliphatic carboxylic acids is 1. The second-order valence-corrected chi connectivity index (χ2v) is 4.52. The zero-order chi connectivity index (χ0) is 13.3. The fourth-order valence-electron chi connectivity index (χ4n) is 1.82. The first kappa shape index (κ1) is 12.4. The van der Waals surface area contributed by atoms with E-state index in [0.29, 0.717) is 24.2 Å². The number of methoxy groups -OCH3 is 1. The summed E-state index contributed by atoms with van der Waals surface area (Å²) in [5, 5.41) is 11.6. The maximum Gasteiger partial charge on any atom is 0.329 e. The molecule has 1 fully saturated rings. The van der Waals surface area contributed by atoms with Gasteiger partial charge in [0.2, 0.25) is 0 Å². The molecule has 5 nitrogen and oxygen atoms in total. The van der Waals surface area contributed by atoms with Gasteiger partial charge in [0.1, 0.15) is 11.3 Å². The zero-order valence-electron chi connectivity index (χ0n) is 10.3. The number of carbonyl (C=O) groups is 2. The zero-order valence-corrected chi connectivity index (χ0v) is 10.3. The Balaban J connectivity index is 2.17. The molecule has 1 aromatic carbocycles. The van der Waals surface area contributed by atoms with Crippen molar-refractivity contribution in [3.63, 3.8) is 0 Å². The van der Waals surface area contributed by atoms with Gasteiger partial charge in [-0.3, -0.25) is 4.79 Å². The summed E-state index contributed by atoms with van der Waals surface area (Å²) in [5.41, 5.74) is 0.181. The highest BCUT2D eigenvalue weighted by Crippen LogP contribution is 2.36. The minimum Gasteiger partial charge on any atom is -0.497 e. The highest BCUT2D eigenvalue weighted by Gasteiger charge is 2.51. The van der Waals surface area contributed by atoms with Crippen LogP contribution in [0.1, 0.15) is 28.8 Å². The average molecular weight is 249 g/mol. The number of carboxylic acid groups (broad SMARTS) is 1. The predicted molar refractivity (Wildman–Crippen MR) is 64.8 cm³/mol. The minimum atomic E-state index is -1.05. The third kappa shape index (κ3) is 2.16. The molecule has 1 saturated carbocycles. The van der Waals surface area contributed by atoms with Crippen LogP contribution < -0.4 is 10.1 Å². The molecule has 5 heteroatoms. The second-order valence-electron chi connectivity index (χ2n) is 4.52. The van der Waals surface area contributed by atoms with Gasteiger partial charge in [-0.25, -0.2) is 4.79 Å². The van der Waals surface area contributed by atoms with Crippen molar-refractivity contribution < 1.29 is 19.4 Å². The Morgan fingerprint density at radius 1 is 1.39 bits per heavy atom. The van der Waals surface area contributed by atoms with Crippen LogP contribution in [-0.4, -0.2) is 29.6 Å². The lowest BCUT2D eigenvalue weighted by molar-refractivity contribution is -0.140. The molecule has 0 bridgehead atoms. The lowest BCUT2D eigenvalue weighted by atomic mass is 10.1. The lowest BCUT2D eigenvalue weighted by Crippen LogP contribution is -2.43. The Morgan fingerprint density at radius 2 is 2.06 bits per heavy atom. The third-order valence-corrected chi connectivity index (χ3v) is 3.19. The monoisotopic (exact) mass is 249 g/mol. The Labute approximate surface area is 105 Å². The molecule has 2 rings (SSSR count). The Morgan fingerprint density at radius 3 is 2.50 bits per heavy atom. The van der Waals surface area contributed by atoms with Gasteiger partial charge >= 0.3 is 5.97 Å². The number of nitrogens with one attached hydrogen (secondary N) is 1. The van der Waals surface area contributed by atoms with E-state index in [1.54, 1.807) is 32.2 Å². The molecule has 1 amide bonds. The highest BCUT2D eigenvalue weighted by molar-refractivity contribution is 6.00. The number of hydrogen-bond acceptors (Lipinski definition) is 3. The fraction of sp³-hybridized carbons (Fsp3) is 0.385. The summed E-state index contributed by atoms with van der Waals surface area (Å²) in [6, 6.07) is 5.07. The van der Waals surface area contributed by atoms with E-state index >= 15 is 0 Å². The standard InChI is InChI=1S/C13H15NO4/c1-8-7-9(18-2)3-4-10(8)11(15)14-13(5-6-13)12(16)17/h3-4,7H,5-6H2,1-2H3,(H,14,15)(H,16,17). The Kier molecular flexibility index (Phi) is 2.98. The summed E-state index contributed by atoms with van der Waals surface area (Å²) >= 11 is 0. The number of ether oxygens (including phenoxy) is 1. The van der Waals surface area contributed by atoms with Crippen molar-refractivity contribution in [1.29, 1.82) is 0 Å². The van der Waals surface area contributed by atoms with Crippen LogP contribution in [-0.2, 0) is 4.79 Å². The third-order valence-electron chi connectivity index (χ3n) is 3.19. The maximum absolute atomic E-state index is 12.0. The molecule has 0 radical (unpaired) electrons. The molecule has 1 aromatic rings. The van der Waals surface area contributed by atoms with Gasteiger partial charge in [-0.1, -0.05) is 0 Å². The fourth-order valence-corrected chi connectivity index (χ4v) is 1.82. The van der Waals surface area contributed by atoms with E-state index in [4.69, 9.17) is 9.84 Å². The van der Waals surface area contributed by atoms with Crippen molar-refractivity contribution in [2.45, 2.75) is 25.3 Å². The SMILES string of the molecule is COc1ccc(C(=O)NC2(C(=O)O)CC2)c(C)c1. The predicted octanol–water partition coefficient (Wildman–Crippen LogP) is 1.35. The number of hydrogen-bond donors (Lipinski definition) is 2. The van der Waals surface area contributed by atoms with Crippen molar-refractivity contribution in [2.75, 3.05) is 7.11 Å². The first-order valence-corrected chi connectivity index (χ1v) is 5.69. The van der Waals surface area contributed by atoms with Gasteiger partial charge in [0.05, 0.1) is 7.11 Å². The molecule has 0 aromatic heterocycles. The van der Waals surface area contributed by atoms with Crippen LogP contribution in [0.15, 0.2) is 18.2 Å². The van der Waals surface area contributed by atoms with Crippen LogP contribution in [0.2, 0.25) is 0 Å². The smallest absolute Gasteiger partial charge is 0.329 e. The first-order chi connectivity index (χ1) is 8.48. The summed E-state index contributed by atoms with van der Waals surface area (Å²) in [4.78, 5) is 23.0. The minimum absolute atomic E-state index is 0.352. The molecule has 0 atom stereocenters. The molecule has 0 heterocycles. The molecule has 1 aliphatic rings. The van der Waals surface area contributed by atoms with E-state index in [-0.39, 0.29) is 5.91 Å². The van der Waals surface area contributed by atoms with Crippen molar-refractivity contribution >= 4 is 11.9 Å². The van der Waals surface area contributed by atoms with E-state index in [2.05, 4.69) is 5.32 Å². The summed E-state index contributed by atoms with van der Waals surface area (Å²) in [6.45, 7) is 1.79. The van der Waals surface area contributed by atoms with Gasteiger partial charge < -0.3 is 15.2 Å². The van der Waals surface area contributed by atoms with Crippen LogP contribution in [0, 0.1) is 6.92 Å². The number of aryl methyl sites for hydroxylation is 1. The van der Waals surface area contributed by atoms with E-state index in [9.17, 15) is 9.59 Å². The molecule has 0 aliphatic heterocycles. The number of rotatable bonds is 4. The molecular formula is C13H15NO4. The molecule has 0 unspecified atom stereocenters.